The van der Waals surface area contributed by atoms with Gasteiger partial charge in [-0.25, -0.2) is 8.42 Å². The molecule has 0 aromatic heterocycles. The number of sulfonamides is 1. The largest absolute Gasteiger partial charge is 0.352 e. The van der Waals surface area contributed by atoms with Crippen LogP contribution in [0.15, 0.2) is 82.2 Å². The number of nitrogens with zero attached hydrogens (tertiary/aromatic N) is 2. The summed E-state index contributed by atoms with van der Waals surface area (Å²) in [6.45, 7) is 6.84. The third kappa shape index (κ3) is 7.84. The number of benzene rings is 3. The standard InChI is InChI=1S/C29H33BrClN3O4S/c1-5-21(3)32-29(36)22(4)33(18-23-10-9-11-24(30)16-23)28(35)19-34(27-17-25(31)15-14-20(27)2)39(37,38)26-12-7-6-8-13-26/h6-17,21-22H,5,18-19H2,1-4H3,(H,32,36)/t21-,22+/m0/s1. The highest BCUT2D eigenvalue weighted by atomic mass is 79.9. The molecule has 3 aromatic carbocycles. The van der Waals surface area contributed by atoms with Gasteiger partial charge in [0.25, 0.3) is 10.0 Å². The summed E-state index contributed by atoms with van der Waals surface area (Å²) < 4.78 is 29.6. The molecule has 3 rings (SSSR count). The number of anilines is 1. The number of carbonyl (C=O) groups excluding carboxylic acids is 2. The molecular formula is C29H33BrClN3O4S. The van der Waals surface area contributed by atoms with E-state index < -0.39 is 28.5 Å². The van der Waals surface area contributed by atoms with Gasteiger partial charge < -0.3 is 10.2 Å². The zero-order valence-corrected chi connectivity index (χ0v) is 25.6. The maximum absolute atomic E-state index is 14.0. The fraction of sp³-hybridized carbons (Fsp3) is 0.310. The number of aryl methyl sites for hydroxylation is 1. The summed E-state index contributed by atoms with van der Waals surface area (Å²) in [7, 11) is -4.15. The van der Waals surface area contributed by atoms with Gasteiger partial charge in [0, 0.05) is 22.1 Å². The topological polar surface area (TPSA) is 86.8 Å². The van der Waals surface area contributed by atoms with Crippen molar-refractivity contribution >= 4 is 55.1 Å². The van der Waals surface area contributed by atoms with Crippen molar-refractivity contribution in [3.05, 3.63) is 93.4 Å². The highest BCUT2D eigenvalue weighted by Gasteiger charge is 2.33. The van der Waals surface area contributed by atoms with Crippen LogP contribution >= 0.6 is 27.5 Å². The number of hydrogen-bond donors (Lipinski definition) is 1. The molecule has 3 aromatic rings. The molecule has 0 saturated heterocycles. The maximum Gasteiger partial charge on any atom is 0.264 e. The van der Waals surface area contributed by atoms with Crippen molar-refractivity contribution in [1.82, 2.24) is 10.2 Å². The van der Waals surface area contributed by atoms with Gasteiger partial charge >= 0.3 is 0 Å². The predicted molar refractivity (Wildman–Crippen MR) is 159 cm³/mol. The van der Waals surface area contributed by atoms with Crippen molar-refractivity contribution in [3.8, 4) is 0 Å². The van der Waals surface area contributed by atoms with E-state index in [4.69, 9.17) is 11.6 Å². The van der Waals surface area contributed by atoms with Gasteiger partial charge in [-0.1, -0.05) is 70.9 Å². The van der Waals surface area contributed by atoms with Gasteiger partial charge in [-0.3, -0.25) is 13.9 Å². The van der Waals surface area contributed by atoms with Crippen LogP contribution in [0.4, 0.5) is 5.69 Å². The summed E-state index contributed by atoms with van der Waals surface area (Å²) in [4.78, 5) is 28.6. The third-order valence-corrected chi connectivity index (χ3v) is 8.96. The molecule has 10 heteroatoms. The summed E-state index contributed by atoms with van der Waals surface area (Å²) in [5, 5.41) is 3.26. The Labute approximate surface area is 244 Å². The summed E-state index contributed by atoms with van der Waals surface area (Å²) in [5.41, 5.74) is 1.71. The second kappa shape index (κ2) is 13.5. The van der Waals surface area contributed by atoms with Crippen LogP contribution in [0.25, 0.3) is 0 Å². The molecule has 0 bridgehead atoms. The van der Waals surface area contributed by atoms with Gasteiger partial charge in [0.1, 0.15) is 12.6 Å². The van der Waals surface area contributed by atoms with Crippen molar-refractivity contribution in [2.45, 2.75) is 57.6 Å². The molecule has 2 atom stereocenters. The summed E-state index contributed by atoms with van der Waals surface area (Å²) in [6.07, 6.45) is 0.731. The third-order valence-electron chi connectivity index (χ3n) is 6.46. The number of hydrogen-bond acceptors (Lipinski definition) is 4. The molecule has 7 nitrogen and oxygen atoms in total. The van der Waals surface area contributed by atoms with Gasteiger partial charge in [0.15, 0.2) is 0 Å². The molecule has 0 aliphatic heterocycles. The van der Waals surface area contributed by atoms with E-state index in [-0.39, 0.29) is 23.4 Å². The Bertz CT molecular complexity index is 1420. The zero-order chi connectivity index (χ0) is 28.7. The minimum absolute atomic E-state index is 0.0401. The van der Waals surface area contributed by atoms with Crippen molar-refractivity contribution in [1.29, 1.82) is 0 Å². The summed E-state index contributed by atoms with van der Waals surface area (Å²) in [6, 6.07) is 19.3. The minimum Gasteiger partial charge on any atom is -0.352 e. The van der Waals surface area contributed by atoms with E-state index in [9.17, 15) is 18.0 Å². The fourth-order valence-corrected chi connectivity index (χ4v) is 6.07. The number of halogens is 2. The lowest BCUT2D eigenvalue weighted by Crippen LogP contribution is -2.52. The van der Waals surface area contributed by atoms with E-state index in [1.54, 1.807) is 44.2 Å². The van der Waals surface area contributed by atoms with Crippen LogP contribution in [-0.2, 0) is 26.2 Å². The molecular weight excluding hydrogens is 602 g/mol. The van der Waals surface area contributed by atoms with Crippen LogP contribution < -0.4 is 9.62 Å². The summed E-state index contributed by atoms with van der Waals surface area (Å²) in [5.74, 6) is -0.843. The monoisotopic (exact) mass is 633 g/mol. The fourth-order valence-electron chi connectivity index (χ4n) is 3.96. The highest BCUT2D eigenvalue weighted by Crippen LogP contribution is 2.30. The van der Waals surface area contributed by atoms with E-state index in [0.717, 1.165) is 20.8 Å². The van der Waals surface area contributed by atoms with Crippen LogP contribution in [0.2, 0.25) is 5.02 Å². The number of nitrogens with one attached hydrogen (secondary N) is 1. The molecule has 1 N–H and O–H groups in total. The number of carbonyl (C=O) groups is 2. The zero-order valence-electron chi connectivity index (χ0n) is 22.4. The average molecular weight is 635 g/mol. The minimum atomic E-state index is -4.15. The van der Waals surface area contributed by atoms with Crippen LogP contribution in [0.3, 0.4) is 0 Å². The Morgan fingerprint density at radius 3 is 2.33 bits per heavy atom. The molecule has 208 valence electrons. The lowest BCUT2D eigenvalue weighted by molar-refractivity contribution is -0.139. The first kappa shape index (κ1) is 30.7. The lowest BCUT2D eigenvalue weighted by atomic mass is 10.1. The lowest BCUT2D eigenvalue weighted by Gasteiger charge is -2.33. The smallest absolute Gasteiger partial charge is 0.264 e. The molecule has 0 saturated carbocycles. The first-order chi connectivity index (χ1) is 18.4. The Balaban J connectivity index is 2.06. The maximum atomic E-state index is 14.0. The van der Waals surface area contributed by atoms with E-state index >= 15 is 0 Å². The van der Waals surface area contributed by atoms with Crippen LogP contribution in [0, 0.1) is 6.92 Å². The van der Waals surface area contributed by atoms with Crippen LogP contribution in [0.1, 0.15) is 38.3 Å². The quantitative estimate of drug-likeness (QED) is 0.283. The highest BCUT2D eigenvalue weighted by molar-refractivity contribution is 9.10. The Morgan fingerprint density at radius 2 is 1.69 bits per heavy atom. The van der Waals surface area contributed by atoms with Crippen LogP contribution in [-0.4, -0.2) is 43.8 Å². The molecule has 0 radical (unpaired) electrons. The average Bonchev–Trinajstić information content (AvgIpc) is 2.91. The first-order valence-electron chi connectivity index (χ1n) is 12.6. The van der Waals surface area contributed by atoms with E-state index in [0.29, 0.717) is 16.3 Å². The van der Waals surface area contributed by atoms with Crippen molar-refractivity contribution in [2.75, 3.05) is 10.8 Å². The van der Waals surface area contributed by atoms with Gasteiger partial charge in [-0.05, 0) is 74.7 Å². The summed E-state index contributed by atoms with van der Waals surface area (Å²) >= 11 is 9.71. The van der Waals surface area contributed by atoms with Crippen molar-refractivity contribution in [2.24, 2.45) is 0 Å². The first-order valence-corrected chi connectivity index (χ1v) is 15.2. The van der Waals surface area contributed by atoms with Crippen LogP contribution in [0.5, 0.6) is 0 Å². The number of rotatable bonds is 11. The van der Waals surface area contributed by atoms with Crippen molar-refractivity contribution < 1.29 is 18.0 Å². The van der Waals surface area contributed by atoms with Gasteiger partial charge in [-0.15, -0.1) is 0 Å². The SMILES string of the molecule is CC[C@H](C)NC(=O)[C@@H](C)N(Cc1cccc(Br)c1)C(=O)CN(c1cc(Cl)ccc1C)S(=O)(=O)c1ccccc1. The van der Waals surface area contributed by atoms with E-state index in [1.165, 1.54) is 23.1 Å². The molecule has 0 heterocycles. The van der Waals surface area contributed by atoms with E-state index in [2.05, 4.69) is 21.2 Å². The molecule has 0 aliphatic carbocycles. The van der Waals surface area contributed by atoms with Gasteiger partial charge in [0.2, 0.25) is 11.8 Å². The molecule has 39 heavy (non-hydrogen) atoms. The Morgan fingerprint density at radius 1 is 1.00 bits per heavy atom. The normalized spacial score (nSPS) is 12.9. The molecule has 0 aliphatic rings. The molecule has 0 fully saturated rings. The molecule has 2 amide bonds. The molecule has 0 unspecified atom stereocenters. The van der Waals surface area contributed by atoms with E-state index in [1.807, 2.05) is 38.1 Å². The number of amides is 2. The predicted octanol–water partition coefficient (Wildman–Crippen LogP) is 5.94. The van der Waals surface area contributed by atoms with Gasteiger partial charge in [0.05, 0.1) is 10.6 Å². The second-order valence-corrected chi connectivity index (χ2v) is 12.6. The van der Waals surface area contributed by atoms with Gasteiger partial charge in [-0.2, -0.15) is 0 Å². The second-order valence-electron chi connectivity index (χ2n) is 9.40. The van der Waals surface area contributed by atoms with Crippen molar-refractivity contribution in [3.63, 3.8) is 0 Å². The Kier molecular flexibility index (Phi) is 10.6. The molecule has 0 spiro atoms. The Hall–Kier alpha value is -2.88.